The zero-order valence-electron chi connectivity index (χ0n) is 16.8. The molecule has 5 nitrogen and oxygen atoms in total. The monoisotopic (exact) mass is 380 g/mol. The molecule has 1 N–H and O–H groups in total. The second kappa shape index (κ2) is 8.91. The van der Waals surface area contributed by atoms with E-state index >= 15 is 0 Å². The first kappa shape index (κ1) is 19.9. The first-order chi connectivity index (χ1) is 13.5. The van der Waals surface area contributed by atoms with E-state index in [0.717, 1.165) is 16.9 Å². The number of rotatable bonds is 5. The first-order valence-electron chi connectivity index (χ1n) is 9.82. The topological polar surface area (TPSA) is 58.6 Å². The number of hydrogen-bond donors (Lipinski definition) is 1. The summed E-state index contributed by atoms with van der Waals surface area (Å²) in [6.45, 7) is 5.16. The number of piperidine rings is 1. The van der Waals surface area contributed by atoms with Gasteiger partial charge in [-0.05, 0) is 50.5 Å². The maximum atomic E-state index is 12.8. The smallest absolute Gasteiger partial charge is 0.253 e. The molecule has 2 aromatic rings. The van der Waals surface area contributed by atoms with Gasteiger partial charge in [0, 0.05) is 36.2 Å². The van der Waals surface area contributed by atoms with E-state index in [2.05, 4.69) is 5.32 Å². The van der Waals surface area contributed by atoms with Crippen molar-refractivity contribution < 1.29 is 14.3 Å². The van der Waals surface area contributed by atoms with E-state index in [4.69, 9.17) is 4.74 Å². The summed E-state index contributed by atoms with van der Waals surface area (Å²) >= 11 is 0. The Morgan fingerprint density at radius 1 is 1.04 bits per heavy atom. The molecule has 0 radical (unpaired) electrons. The predicted octanol–water partition coefficient (Wildman–Crippen LogP) is 3.74. The molecule has 0 spiro atoms. The van der Waals surface area contributed by atoms with Crippen molar-refractivity contribution >= 4 is 11.8 Å². The summed E-state index contributed by atoms with van der Waals surface area (Å²) in [5.74, 6) is 0.931. The van der Waals surface area contributed by atoms with Crippen LogP contribution in [-0.2, 0) is 4.79 Å². The Morgan fingerprint density at radius 3 is 2.29 bits per heavy atom. The van der Waals surface area contributed by atoms with Crippen LogP contribution >= 0.6 is 0 Å². The number of benzene rings is 2. The van der Waals surface area contributed by atoms with Crippen molar-refractivity contribution in [2.24, 2.45) is 5.92 Å². The molecule has 2 aromatic carbocycles. The van der Waals surface area contributed by atoms with E-state index in [-0.39, 0.29) is 23.8 Å². The number of ether oxygens (including phenoxy) is 1. The van der Waals surface area contributed by atoms with Crippen molar-refractivity contribution in [2.75, 3.05) is 20.2 Å². The molecular formula is C23H28N2O3. The lowest BCUT2D eigenvalue weighted by Crippen LogP contribution is -2.44. The predicted molar refractivity (Wildman–Crippen MR) is 110 cm³/mol. The van der Waals surface area contributed by atoms with Crippen LogP contribution in [0.2, 0.25) is 0 Å². The SMILES string of the molecule is COc1ccccc1-c1ccc(C(=O)N2CCC(C(=O)NC(C)C)CC2)cc1. The van der Waals surface area contributed by atoms with Gasteiger partial charge in [-0.1, -0.05) is 30.3 Å². The van der Waals surface area contributed by atoms with E-state index in [1.807, 2.05) is 67.3 Å². The van der Waals surface area contributed by atoms with Crippen molar-refractivity contribution in [3.05, 3.63) is 54.1 Å². The highest BCUT2D eigenvalue weighted by Crippen LogP contribution is 2.30. The van der Waals surface area contributed by atoms with E-state index < -0.39 is 0 Å². The highest BCUT2D eigenvalue weighted by atomic mass is 16.5. The van der Waals surface area contributed by atoms with Gasteiger partial charge in [0.05, 0.1) is 7.11 Å². The highest BCUT2D eigenvalue weighted by Gasteiger charge is 2.28. The number of likely N-dealkylation sites (tertiary alicyclic amines) is 1. The summed E-state index contributed by atoms with van der Waals surface area (Å²) in [4.78, 5) is 26.8. The van der Waals surface area contributed by atoms with Crippen LogP contribution in [0.25, 0.3) is 11.1 Å². The Bertz CT molecular complexity index is 822. The molecule has 0 aromatic heterocycles. The van der Waals surface area contributed by atoms with Gasteiger partial charge in [-0.15, -0.1) is 0 Å². The van der Waals surface area contributed by atoms with Gasteiger partial charge in [-0.25, -0.2) is 0 Å². The van der Waals surface area contributed by atoms with Crippen LogP contribution in [0.3, 0.4) is 0 Å². The Kier molecular flexibility index (Phi) is 6.34. The number of methoxy groups -OCH3 is 1. The molecule has 1 aliphatic heterocycles. The van der Waals surface area contributed by atoms with Crippen molar-refractivity contribution in [1.82, 2.24) is 10.2 Å². The number of nitrogens with one attached hydrogen (secondary N) is 1. The van der Waals surface area contributed by atoms with Crippen molar-refractivity contribution in [3.63, 3.8) is 0 Å². The molecule has 1 aliphatic rings. The van der Waals surface area contributed by atoms with Crippen molar-refractivity contribution in [1.29, 1.82) is 0 Å². The third kappa shape index (κ3) is 4.53. The lowest BCUT2D eigenvalue weighted by molar-refractivity contribution is -0.126. The highest BCUT2D eigenvalue weighted by molar-refractivity contribution is 5.95. The van der Waals surface area contributed by atoms with Gasteiger partial charge in [0.1, 0.15) is 5.75 Å². The number of amides is 2. The third-order valence-corrected chi connectivity index (χ3v) is 5.13. The minimum absolute atomic E-state index is 0.000582. The standard InChI is InChI=1S/C23H28N2O3/c1-16(2)24-22(26)18-12-14-25(15-13-18)23(27)19-10-8-17(9-11-19)20-6-4-5-7-21(20)28-3/h4-11,16,18H,12-15H2,1-3H3,(H,24,26). The second-order valence-electron chi connectivity index (χ2n) is 7.51. The van der Waals surface area contributed by atoms with Crippen molar-refractivity contribution in [2.45, 2.75) is 32.7 Å². The van der Waals surface area contributed by atoms with Crippen LogP contribution in [0.1, 0.15) is 37.0 Å². The molecule has 0 saturated carbocycles. The molecule has 1 fully saturated rings. The van der Waals surface area contributed by atoms with Crippen molar-refractivity contribution in [3.8, 4) is 16.9 Å². The molecule has 2 amide bonds. The Balaban J connectivity index is 1.63. The van der Waals surface area contributed by atoms with Crippen LogP contribution in [0.4, 0.5) is 0 Å². The molecule has 1 heterocycles. The fourth-order valence-corrected chi connectivity index (χ4v) is 3.61. The maximum Gasteiger partial charge on any atom is 0.253 e. The summed E-state index contributed by atoms with van der Waals surface area (Å²) in [5, 5.41) is 2.97. The Morgan fingerprint density at radius 2 is 1.68 bits per heavy atom. The number of carbonyl (C=O) groups excluding carboxylic acids is 2. The number of nitrogens with zero attached hydrogens (tertiary/aromatic N) is 1. The van der Waals surface area contributed by atoms with Gasteiger partial charge in [-0.3, -0.25) is 9.59 Å². The van der Waals surface area contributed by atoms with Gasteiger partial charge in [-0.2, -0.15) is 0 Å². The molecule has 28 heavy (non-hydrogen) atoms. The average Bonchev–Trinajstić information content (AvgIpc) is 2.73. The van der Waals surface area contributed by atoms with Crippen LogP contribution in [0, 0.1) is 5.92 Å². The van der Waals surface area contributed by atoms with Crippen LogP contribution in [0.15, 0.2) is 48.5 Å². The molecule has 0 aliphatic carbocycles. The lowest BCUT2D eigenvalue weighted by Gasteiger charge is -2.31. The van der Waals surface area contributed by atoms with E-state index in [9.17, 15) is 9.59 Å². The number of hydrogen-bond acceptors (Lipinski definition) is 3. The first-order valence-corrected chi connectivity index (χ1v) is 9.82. The molecule has 0 unspecified atom stereocenters. The van der Waals surface area contributed by atoms with Gasteiger partial charge in [0.25, 0.3) is 5.91 Å². The Labute approximate surface area is 166 Å². The number of carbonyl (C=O) groups is 2. The molecule has 0 bridgehead atoms. The van der Waals surface area contributed by atoms with Crippen LogP contribution in [0.5, 0.6) is 5.75 Å². The minimum Gasteiger partial charge on any atom is -0.496 e. The summed E-state index contributed by atoms with van der Waals surface area (Å²) in [7, 11) is 1.65. The molecule has 0 atom stereocenters. The quantitative estimate of drug-likeness (QED) is 0.860. The summed E-state index contributed by atoms with van der Waals surface area (Å²) < 4.78 is 5.42. The van der Waals surface area contributed by atoms with E-state index in [0.29, 0.717) is 31.5 Å². The molecule has 3 rings (SSSR count). The van der Waals surface area contributed by atoms with Gasteiger partial charge < -0.3 is 15.0 Å². The third-order valence-electron chi connectivity index (χ3n) is 5.13. The van der Waals surface area contributed by atoms with Crippen LogP contribution in [-0.4, -0.2) is 43.0 Å². The largest absolute Gasteiger partial charge is 0.496 e. The van der Waals surface area contributed by atoms with E-state index in [1.165, 1.54) is 0 Å². The number of para-hydroxylation sites is 1. The minimum atomic E-state index is -0.000582. The summed E-state index contributed by atoms with van der Waals surface area (Å²) in [6.07, 6.45) is 1.42. The van der Waals surface area contributed by atoms with Gasteiger partial charge in [0.15, 0.2) is 0 Å². The fraction of sp³-hybridized carbons (Fsp3) is 0.391. The molecule has 148 valence electrons. The summed E-state index contributed by atoms with van der Waals surface area (Å²) in [5.41, 5.74) is 2.68. The second-order valence-corrected chi connectivity index (χ2v) is 7.51. The summed E-state index contributed by atoms with van der Waals surface area (Å²) in [6, 6.07) is 15.6. The normalized spacial score (nSPS) is 14.8. The van der Waals surface area contributed by atoms with Gasteiger partial charge >= 0.3 is 0 Å². The zero-order chi connectivity index (χ0) is 20.1. The molecule has 1 saturated heterocycles. The lowest BCUT2D eigenvalue weighted by atomic mass is 9.95. The maximum absolute atomic E-state index is 12.8. The van der Waals surface area contributed by atoms with Gasteiger partial charge in [0.2, 0.25) is 5.91 Å². The fourth-order valence-electron chi connectivity index (χ4n) is 3.61. The van der Waals surface area contributed by atoms with Crippen LogP contribution < -0.4 is 10.1 Å². The average molecular weight is 380 g/mol. The molecule has 5 heteroatoms. The Hall–Kier alpha value is -2.82. The molecular weight excluding hydrogens is 352 g/mol. The zero-order valence-corrected chi connectivity index (χ0v) is 16.8. The van der Waals surface area contributed by atoms with E-state index in [1.54, 1.807) is 7.11 Å².